The van der Waals surface area contributed by atoms with E-state index in [-0.39, 0.29) is 21.7 Å². The van der Waals surface area contributed by atoms with E-state index in [0.29, 0.717) is 11.8 Å². The number of nitrogens with zero attached hydrogens (tertiary/aromatic N) is 1. The zero-order chi connectivity index (χ0) is 40.1. The van der Waals surface area contributed by atoms with Crippen molar-refractivity contribution in [2.75, 3.05) is 4.90 Å². The Bertz CT molecular complexity index is 2670. The third-order valence-electron chi connectivity index (χ3n) is 16.7. The first-order valence-corrected chi connectivity index (χ1v) is 23.5. The van der Waals surface area contributed by atoms with E-state index in [1.54, 1.807) is 11.1 Å². The minimum Gasteiger partial charge on any atom is -0.310 e. The molecule has 0 saturated heterocycles. The van der Waals surface area contributed by atoms with E-state index in [1.165, 1.54) is 116 Å². The molecular weight excluding hydrogens is 731 g/mol. The highest BCUT2D eigenvalue weighted by molar-refractivity contribution is 7.99. The van der Waals surface area contributed by atoms with Crippen LogP contribution in [0.3, 0.4) is 0 Å². The molecule has 0 N–H and O–H groups in total. The van der Waals surface area contributed by atoms with Crippen LogP contribution in [0.4, 0.5) is 17.1 Å². The summed E-state index contributed by atoms with van der Waals surface area (Å²) in [6.07, 6.45) is 9.36. The topological polar surface area (TPSA) is 3.24 Å². The third-order valence-corrected chi connectivity index (χ3v) is 17.9. The van der Waals surface area contributed by atoms with Crippen molar-refractivity contribution in [2.24, 2.45) is 23.7 Å². The molecule has 0 unspecified atom stereocenters. The van der Waals surface area contributed by atoms with E-state index >= 15 is 0 Å². The van der Waals surface area contributed by atoms with Gasteiger partial charge in [-0.05, 0) is 166 Å². The Balaban J connectivity index is 1.16. The summed E-state index contributed by atoms with van der Waals surface area (Å²) >= 11 is 2.04. The lowest BCUT2D eigenvalue weighted by molar-refractivity contribution is -0.0443. The number of anilines is 3. The van der Waals surface area contributed by atoms with Crippen molar-refractivity contribution in [3.05, 3.63) is 161 Å². The minimum atomic E-state index is -0.103. The molecule has 6 aliphatic carbocycles. The van der Waals surface area contributed by atoms with Gasteiger partial charge in [-0.2, -0.15) is 0 Å². The van der Waals surface area contributed by atoms with Gasteiger partial charge in [-0.1, -0.05) is 144 Å². The van der Waals surface area contributed by atoms with Gasteiger partial charge in [0.2, 0.25) is 0 Å². The van der Waals surface area contributed by atoms with Crippen LogP contribution < -0.4 is 4.90 Å². The van der Waals surface area contributed by atoms with Gasteiger partial charge >= 0.3 is 0 Å². The van der Waals surface area contributed by atoms with Gasteiger partial charge in [0.15, 0.2) is 0 Å². The van der Waals surface area contributed by atoms with Crippen molar-refractivity contribution < 1.29 is 0 Å². The molecule has 6 aromatic carbocycles. The zero-order valence-electron chi connectivity index (χ0n) is 35.7. The summed E-state index contributed by atoms with van der Waals surface area (Å²) in [5.41, 5.74) is 18.4. The minimum absolute atomic E-state index is 0.0190. The van der Waals surface area contributed by atoms with Crippen LogP contribution in [0.2, 0.25) is 0 Å². The molecule has 2 heteroatoms. The Kier molecular flexibility index (Phi) is 7.70. The summed E-state index contributed by atoms with van der Waals surface area (Å²) in [6, 6.07) is 50.2. The van der Waals surface area contributed by atoms with Gasteiger partial charge in [-0.15, -0.1) is 0 Å². The fourth-order valence-electron chi connectivity index (χ4n) is 14.1. The second-order valence-electron chi connectivity index (χ2n) is 21.2. The normalized spacial score (nSPS) is 26.7. The molecule has 13 rings (SSSR count). The Morgan fingerprint density at radius 2 is 1.12 bits per heavy atom. The molecule has 1 nitrogen and oxygen atoms in total. The lowest BCUT2D eigenvalue weighted by Crippen LogP contribution is -2.57. The monoisotopic (exact) mass is 787 g/mol. The molecule has 0 atom stereocenters. The molecule has 0 aromatic heterocycles. The molecule has 4 fully saturated rings. The first kappa shape index (κ1) is 36.3. The maximum absolute atomic E-state index is 2.73. The van der Waals surface area contributed by atoms with Gasteiger partial charge < -0.3 is 4.90 Å². The largest absolute Gasteiger partial charge is 0.310 e. The van der Waals surface area contributed by atoms with E-state index in [2.05, 4.69) is 174 Å². The Morgan fingerprint density at radius 1 is 0.475 bits per heavy atom. The Morgan fingerprint density at radius 3 is 1.88 bits per heavy atom. The van der Waals surface area contributed by atoms with E-state index in [1.807, 2.05) is 11.8 Å². The summed E-state index contributed by atoms with van der Waals surface area (Å²) in [5.74, 6) is 3.22. The van der Waals surface area contributed by atoms with Crippen LogP contribution in [0.15, 0.2) is 137 Å². The highest BCUT2D eigenvalue weighted by Crippen LogP contribution is 2.69. The van der Waals surface area contributed by atoms with Crippen molar-refractivity contribution in [2.45, 2.75) is 118 Å². The second-order valence-corrected chi connectivity index (χ2v) is 22.3. The molecule has 4 bridgehead atoms. The fourth-order valence-corrected chi connectivity index (χ4v) is 15.3. The van der Waals surface area contributed by atoms with Crippen LogP contribution >= 0.6 is 11.8 Å². The average molecular weight is 788 g/mol. The van der Waals surface area contributed by atoms with E-state index in [0.717, 1.165) is 11.8 Å². The van der Waals surface area contributed by atoms with Crippen LogP contribution in [0, 0.1) is 23.7 Å². The highest BCUT2D eigenvalue weighted by atomic mass is 32.2. The van der Waals surface area contributed by atoms with Crippen molar-refractivity contribution in [1.29, 1.82) is 0 Å². The molecule has 1 heterocycles. The van der Waals surface area contributed by atoms with Gasteiger partial charge in [0.1, 0.15) is 0 Å². The number of rotatable bonds is 4. The summed E-state index contributed by atoms with van der Waals surface area (Å²) in [4.78, 5) is 5.66. The SMILES string of the molecule is CC1(C)CCC(C)(C)c2c(N(c3ccc4c(c3)C(C)(C)c3ccccc3-4)c3cc4c(cc3-c3ccccc3)C3(c5ccccc5S4)C4CC5CC(C4)CC3C5)cccc21. The van der Waals surface area contributed by atoms with Gasteiger partial charge in [0.05, 0.1) is 11.4 Å². The van der Waals surface area contributed by atoms with Crippen LogP contribution in [0.25, 0.3) is 22.3 Å². The van der Waals surface area contributed by atoms with Gasteiger partial charge in [-0.25, -0.2) is 0 Å². The Hall–Kier alpha value is -4.53. The number of hydrogen-bond acceptors (Lipinski definition) is 2. The maximum Gasteiger partial charge on any atom is 0.0551 e. The maximum atomic E-state index is 2.73. The highest BCUT2D eigenvalue weighted by Gasteiger charge is 2.61. The predicted octanol–water partition coefficient (Wildman–Crippen LogP) is 15.7. The average Bonchev–Trinajstić information content (AvgIpc) is 3.46. The van der Waals surface area contributed by atoms with Crippen LogP contribution in [-0.2, 0) is 21.7 Å². The van der Waals surface area contributed by atoms with Crippen LogP contribution in [0.5, 0.6) is 0 Å². The zero-order valence-corrected chi connectivity index (χ0v) is 36.6. The van der Waals surface area contributed by atoms with Crippen molar-refractivity contribution in [3.8, 4) is 22.3 Å². The summed E-state index contributed by atoms with van der Waals surface area (Å²) < 4.78 is 0. The first-order chi connectivity index (χ1) is 28.4. The summed E-state index contributed by atoms with van der Waals surface area (Å²) in [6.45, 7) is 14.8. The molecule has 0 amide bonds. The van der Waals surface area contributed by atoms with Crippen molar-refractivity contribution >= 4 is 28.8 Å². The van der Waals surface area contributed by atoms with E-state index in [9.17, 15) is 0 Å². The molecular formula is C57H57NS. The first-order valence-electron chi connectivity index (χ1n) is 22.6. The summed E-state index contributed by atoms with van der Waals surface area (Å²) in [5, 5.41) is 0. The lowest BCUT2D eigenvalue weighted by atomic mass is 9.42. The second kappa shape index (κ2) is 12.5. The molecule has 1 spiro atoms. The fraction of sp³-hybridized carbons (Fsp3) is 0.368. The molecule has 4 saturated carbocycles. The predicted molar refractivity (Wildman–Crippen MR) is 248 cm³/mol. The number of hydrogen-bond donors (Lipinski definition) is 0. The smallest absolute Gasteiger partial charge is 0.0551 e. The number of fused-ring (bicyclic) bond motifs is 6. The Labute approximate surface area is 356 Å². The lowest BCUT2D eigenvalue weighted by Gasteiger charge is -2.63. The van der Waals surface area contributed by atoms with Crippen molar-refractivity contribution in [1.82, 2.24) is 0 Å². The molecule has 1 aliphatic heterocycles. The molecule has 7 aliphatic rings. The van der Waals surface area contributed by atoms with Crippen molar-refractivity contribution in [3.63, 3.8) is 0 Å². The third kappa shape index (κ3) is 5.05. The molecule has 6 aromatic rings. The summed E-state index contributed by atoms with van der Waals surface area (Å²) in [7, 11) is 0. The van der Waals surface area contributed by atoms with E-state index < -0.39 is 0 Å². The number of benzene rings is 6. The van der Waals surface area contributed by atoms with Crippen LogP contribution in [0.1, 0.15) is 120 Å². The quantitative estimate of drug-likeness (QED) is 0.175. The van der Waals surface area contributed by atoms with Crippen LogP contribution in [-0.4, -0.2) is 0 Å². The standard InChI is InChI=1S/C57H57NS/c1-54(2)25-26-55(3,4)53-46(54)20-14-21-49(53)58(40-23-24-42-41-17-10-11-18-44(41)56(5,6)47(42)32-40)50-34-52-48(33-43(50)37-15-8-7-9-16-37)57(45-19-12-13-22-51(45)59-52)38-28-35-27-36(30-38)31-39(57)29-35/h7-24,32-36,38-39H,25-31H2,1-6H3. The molecule has 296 valence electrons. The van der Waals surface area contributed by atoms with Gasteiger partial charge in [-0.3, -0.25) is 0 Å². The van der Waals surface area contributed by atoms with E-state index in [4.69, 9.17) is 0 Å². The molecule has 59 heavy (non-hydrogen) atoms. The van der Waals surface area contributed by atoms with Gasteiger partial charge in [0, 0.05) is 31.9 Å². The van der Waals surface area contributed by atoms with Gasteiger partial charge in [0.25, 0.3) is 0 Å². The molecule has 0 radical (unpaired) electrons.